The fraction of sp³-hybridized carbons (Fsp3) is 0.520. The molecule has 7 nitrogen and oxygen atoms in total. The lowest BCUT2D eigenvalue weighted by Crippen LogP contribution is -2.34. The number of likely N-dealkylation sites (tertiary alicyclic amines) is 1. The maximum absolute atomic E-state index is 14.2. The Morgan fingerprint density at radius 3 is 2.56 bits per heavy atom. The van der Waals surface area contributed by atoms with Crippen LogP contribution in [0, 0.1) is 35.9 Å². The summed E-state index contributed by atoms with van der Waals surface area (Å²) in [5.41, 5.74) is 7.49. The van der Waals surface area contributed by atoms with Crippen LogP contribution in [0.3, 0.4) is 0 Å². The molecular weight excluding hydrogens is 440 g/mol. The summed E-state index contributed by atoms with van der Waals surface area (Å²) in [6, 6.07) is 3.74. The number of aliphatic hydroxyl groups is 1. The van der Waals surface area contributed by atoms with Crippen molar-refractivity contribution in [3.05, 3.63) is 47.2 Å². The number of hydrogen-bond donors (Lipinski definition) is 3. The first-order valence-corrected chi connectivity index (χ1v) is 11.8. The smallest absolute Gasteiger partial charge is 0.254 e. The van der Waals surface area contributed by atoms with Gasteiger partial charge in [-0.15, -0.1) is 0 Å². The molecule has 0 radical (unpaired) electrons. The number of halogens is 2. The van der Waals surface area contributed by atoms with Gasteiger partial charge in [-0.25, -0.2) is 14.3 Å². The largest absolute Gasteiger partial charge is 0.395 e. The van der Waals surface area contributed by atoms with Gasteiger partial charge in [-0.3, -0.25) is 9.78 Å². The van der Waals surface area contributed by atoms with E-state index in [9.17, 15) is 13.6 Å². The molecule has 0 bridgehead atoms. The van der Waals surface area contributed by atoms with Crippen LogP contribution in [0.2, 0.25) is 0 Å². The van der Waals surface area contributed by atoms with Gasteiger partial charge in [-0.05, 0) is 81.3 Å². The number of benzene rings is 1. The molecule has 1 aromatic heterocycles. The van der Waals surface area contributed by atoms with Crippen LogP contribution < -0.4 is 5.32 Å². The summed E-state index contributed by atoms with van der Waals surface area (Å²) in [6.07, 6.45) is 7.29. The highest BCUT2D eigenvalue weighted by Gasteiger charge is 2.26. The Bertz CT molecular complexity index is 1010. The van der Waals surface area contributed by atoms with Gasteiger partial charge in [0.2, 0.25) is 0 Å². The number of carbonyl (C=O) groups is 1. The van der Waals surface area contributed by atoms with Crippen LogP contribution in [0.1, 0.15) is 48.5 Å². The minimum atomic E-state index is -1.30. The van der Waals surface area contributed by atoms with Gasteiger partial charge in [-0.2, -0.15) is 5.11 Å². The van der Waals surface area contributed by atoms with Crippen LogP contribution in [0.5, 0.6) is 0 Å². The molecule has 1 saturated heterocycles. The van der Waals surface area contributed by atoms with E-state index in [0.717, 1.165) is 17.9 Å². The van der Waals surface area contributed by atoms with Crippen LogP contribution in [0.15, 0.2) is 29.5 Å². The van der Waals surface area contributed by atoms with Gasteiger partial charge < -0.3 is 15.3 Å². The van der Waals surface area contributed by atoms with E-state index in [0.29, 0.717) is 11.3 Å². The SMILES string of the molecule is CC1CCN(CC2CC2)CC1.Cc1cnc(-c2ccc(C(=O)NCCO)c(F)c2F)cc1N=N. The number of nitrogens with zero attached hydrogens (tertiary/aromatic N) is 3. The Balaban J connectivity index is 0.000000243. The van der Waals surface area contributed by atoms with Crippen molar-refractivity contribution in [1.29, 1.82) is 5.53 Å². The summed E-state index contributed by atoms with van der Waals surface area (Å²) < 4.78 is 28.3. The Kier molecular flexibility index (Phi) is 9.18. The molecule has 1 saturated carbocycles. The summed E-state index contributed by atoms with van der Waals surface area (Å²) in [6.45, 7) is 7.86. The second-order valence-corrected chi connectivity index (χ2v) is 9.16. The predicted molar refractivity (Wildman–Crippen MR) is 126 cm³/mol. The zero-order chi connectivity index (χ0) is 24.7. The molecule has 1 amide bonds. The average molecular weight is 474 g/mol. The molecule has 2 aliphatic rings. The van der Waals surface area contributed by atoms with Crippen molar-refractivity contribution in [1.82, 2.24) is 15.2 Å². The minimum Gasteiger partial charge on any atom is -0.395 e. The van der Waals surface area contributed by atoms with Crippen LogP contribution >= 0.6 is 0 Å². The fourth-order valence-electron chi connectivity index (χ4n) is 3.88. The van der Waals surface area contributed by atoms with Crippen molar-refractivity contribution in [3.63, 3.8) is 0 Å². The lowest BCUT2D eigenvalue weighted by Gasteiger charge is -2.30. The molecule has 4 rings (SSSR count). The van der Waals surface area contributed by atoms with Crippen molar-refractivity contribution in [2.24, 2.45) is 17.0 Å². The van der Waals surface area contributed by atoms with Crippen LogP contribution in [0.25, 0.3) is 11.3 Å². The summed E-state index contributed by atoms with van der Waals surface area (Å²) >= 11 is 0. The van der Waals surface area contributed by atoms with Gasteiger partial charge in [0, 0.05) is 24.8 Å². The zero-order valence-electron chi connectivity index (χ0n) is 19.8. The molecule has 0 atom stereocenters. The Morgan fingerprint density at radius 1 is 1.24 bits per heavy atom. The second kappa shape index (κ2) is 12.1. The first-order chi connectivity index (χ1) is 16.3. The molecule has 1 aliphatic carbocycles. The normalized spacial score (nSPS) is 16.5. The molecule has 0 unspecified atom stereocenters. The fourth-order valence-corrected chi connectivity index (χ4v) is 3.88. The number of carbonyl (C=O) groups excluding carboxylic acids is 1. The highest BCUT2D eigenvalue weighted by atomic mass is 19.2. The number of nitrogens with one attached hydrogen (secondary N) is 2. The molecule has 9 heteroatoms. The molecule has 1 aromatic carbocycles. The minimum absolute atomic E-state index is 0.0600. The number of aromatic nitrogens is 1. The van der Waals surface area contributed by atoms with Crippen molar-refractivity contribution >= 4 is 11.6 Å². The standard InChI is InChI=1S/C15H14F2N4O2.C10H19N/c1-8-7-20-12(6-11(8)21-18)9-2-3-10(14(17)13(9)16)15(23)19-4-5-22;1-9-4-6-11(7-5-9)8-10-2-3-10/h2-3,6-7,18,22H,4-5H2,1H3,(H,19,23);9-10H,2-8H2,1H3. The highest BCUT2D eigenvalue weighted by molar-refractivity contribution is 5.95. The van der Waals surface area contributed by atoms with Gasteiger partial charge in [0.25, 0.3) is 5.91 Å². The summed E-state index contributed by atoms with van der Waals surface area (Å²) in [4.78, 5) is 18.3. The first kappa shape index (κ1) is 25.8. The molecule has 1 aliphatic heterocycles. The van der Waals surface area contributed by atoms with E-state index in [1.54, 1.807) is 6.92 Å². The second-order valence-electron chi connectivity index (χ2n) is 9.16. The lowest BCUT2D eigenvalue weighted by atomic mass is 9.99. The number of aliphatic hydroxyl groups excluding tert-OH is 1. The summed E-state index contributed by atoms with van der Waals surface area (Å²) in [5, 5.41) is 14.2. The molecular formula is C25H33F2N5O2. The topological polar surface area (TPSA) is 102 Å². The van der Waals surface area contributed by atoms with E-state index >= 15 is 0 Å². The van der Waals surface area contributed by atoms with E-state index in [-0.39, 0.29) is 24.4 Å². The number of piperidine rings is 1. The van der Waals surface area contributed by atoms with Crippen molar-refractivity contribution in [2.45, 2.75) is 39.5 Å². The van der Waals surface area contributed by atoms with Crippen LogP contribution in [-0.4, -0.2) is 53.7 Å². The third-order valence-electron chi connectivity index (χ3n) is 6.29. The van der Waals surface area contributed by atoms with Crippen molar-refractivity contribution in [2.75, 3.05) is 32.8 Å². The van der Waals surface area contributed by atoms with Gasteiger partial charge in [0.1, 0.15) is 0 Å². The van der Waals surface area contributed by atoms with E-state index in [4.69, 9.17) is 10.6 Å². The third kappa shape index (κ3) is 6.87. The van der Waals surface area contributed by atoms with E-state index in [1.165, 1.54) is 63.6 Å². The molecule has 2 heterocycles. The number of hydrogen-bond acceptors (Lipinski definition) is 6. The van der Waals surface area contributed by atoms with Gasteiger partial charge >= 0.3 is 0 Å². The van der Waals surface area contributed by atoms with E-state index < -0.39 is 23.1 Å². The third-order valence-corrected chi connectivity index (χ3v) is 6.29. The summed E-state index contributed by atoms with van der Waals surface area (Å²) in [5.74, 6) is -1.26. The van der Waals surface area contributed by atoms with Gasteiger partial charge in [0.05, 0.1) is 23.6 Å². The van der Waals surface area contributed by atoms with Crippen LogP contribution in [-0.2, 0) is 0 Å². The number of amides is 1. The average Bonchev–Trinajstić information content (AvgIpc) is 3.66. The Labute approximate surface area is 199 Å². The number of rotatable bonds is 7. The molecule has 184 valence electrons. The molecule has 34 heavy (non-hydrogen) atoms. The quantitative estimate of drug-likeness (QED) is 0.501. The number of aryl methyl sites for hydroxylation is 1. The number of pyridine rings is 1. The van der Waals surface area contributed by atoms with E-state index in [2.05, 4.69) is 27.2 Å². The molecule has 3 N–H and O–H groups in total. The molecule has 0 spiro atoms. The Hall–Kier alpha value is -2.78. The zero-order valence-corrected chi connectivity index (χ0v) is 19.8. The predicted octanol–water partition coefficient (Wildman–Crippen LogP) is 4.85. The Morgan fingerprint density at radius 2 is 1.94 bits per heavy atom. The lowest BCUT2D eigenvalue weighted by molar-refractivity contribution is 0.0939. The first-order valence-electron chi connectivity index (χ1n) is 11.8. The summed E-state index contributed by atoms with van der Waals surface area (Å²) in [7, 11) is 0. The monoisotopic (exact) mass is 473 g/mol. The van der Waals surface area contributed by atoms with Gasteiger partial charge in [0.15, 0.2) is 11.6 Å². The van der Waals surface area contributed by atoms with Crippen molar-refractivity contribution < 1.29 is 18.7 Å². The highest BCUT2D eigenvalue weighted by Crippen LogP contribution is 2.31. The maximum Gasteiger partial charge on any atom is 0.254 e. The maximum atomic E-state index is 14.2. The van der Waals surface area contributed by atoms with E-state index in [1.807, 2.05) is 0 Å². The van der Waals surface area contributed by atoms with Crippen molar-refractivity contribution in [3.8, 4) is 11.3 Å². The van der Waals surface area contributed by atoms with Crippen LogP contribution in [0.4, 0.5) is 14.5 Å². The molecule has 2 fully saturated rings. The molecule has 2 aromatic rings. The van der Waals surface area contributed by atoms with Gasteiger partial charge in [-0.1, -0.05) is 6.92 Å².